The molecule has 0 radical (unpaired) electrons. The molecule has 26 heavy (non-hydrogen) atoms. The van der Waals surface area contributed by atoms with Gasteiger partial charge in [-0.2, -0.15) is 0 Å². The van der Waals surface area contributed by atoms with E-state index in [1.165, 1.54) is 18.1 Å². The van der Waals surface area contributed by atoms with Crippen molar-refractivity contribution in [3.8, 4) is 11.5 Å². The first-order valence-electron chi connectivity index (χ1n) is 8.21. The molecule has 1 amide bonds. The molecule has 0 saturated heterocycles. The third kappa shape index (κ3) is 4.44. The molecule has 0 bridgehead atoms. The van der Waals surface area contributed by atoms with E-state index in [1.54, 1.807) is 29.5 Å². The molecule has 0 spiro atoms. The van der Waals surface area contributed by atoms with Crippen LogP contribution in [0, 0.1) is 0 Å². The van der Waals surface area contributed by atoms with Gasteiger partial charge in [0.25, 0.3) is 0 Å². The number of amides is 1. The predicted molar refractivity (Wildman–Crippen MR) is 106 cm³/mol. The Morgan fingerprint density at radius 2 is 1.96 bits per heavy atom. The van der Waals surface area contributed by atoms with Gasteiger partial charge in [-0.15, -0.1) is 11.3 Å². The largest absolute Gasteiger partial charge is 0.490 e. The van der Waals surface area contributed by atoms with Crippen molar-refractivity contribution in [1.82, 2.24) is 9.97 Å². The van der Waals surface area contributed by atoms with Crippen LogP contribution in [0.15, 0.2) is 41.0 Å². The van der Waals surface area contributed by atoms with Crippen molar-refractivity contribution in [3.05, 3.63) is 36.0 Å². The van der Waals surface area contributed by atoms with Crippen LogP contribution in [0.2, 0.25) is 0 Å². The first-order chi connectivity index (χ1) is 12.7. The maximum atomic E-state index is 12.3. The summed E-state index contributed by atoms with van der Waals surface area (Å²) >= 11 is 2.95. The molecule has 1 N–H and O–H groups in total. The number of aromatic nitrogens is 2. The molecule has 2 heterocycles. The fourth-order valence-corrected chi connectivity index (χ4v) is 3.92. The van der Waals surface area contributed by atoms with Gasteiger partial charge in [0.15, 0.2) is 11.5 Å². The fourth-order valence-electron chi connectivity index (χ4n) is 2.34. The Kier molecular flexibility index (Phi) is 6.30. The molecule has 0 unspecified atom stereocenters. The highest BCUT2D eigenvalue weighted by atomic mass is 32.2. The van der Waals surface area contributed by atoms with Crippen molar-refractivity contribution in [2.45, 2.75) is 18.9 Å². The summed E-state index contributed by atoms with van der Waals surface area (Å²) in [4.78, 5) is 21.7. The average Bonchev–Trinajstić information content (AvgIpc) is 3.12. The number of nitrogens with zero attached hydrogens (tertiary/aromatic N) is 2. The smallest absolute Gasteiger partial charge is 0.234 e. The van der Waals surface area contributed by atoms with Gasteiger partial charge in [0.1, 0.15) is 16.2 Å². The van der Waals surface area contributed by atoms with E-state index >= 15 is 0 Å². The molecule has 0 aliphatic carbocycles. The van der Waals surface area contributed by atoms with E-state index in [2.05, 4.69) is 15.3 Å². The zero-order valence-electron chi connectivity index (χ0n) is 14.5. The highest BCUT2D eigenvalue weighted by Gasteiger charge is 2.11. The number of thiophene rings is 1. The lowest BCUT2D eigenvalue weighted by molar-refractivity contribution is -0.113. The van der Waals surface area contributed by atoms with Crippen LogP contribution in [0.25, 0.3) is 10.2 Å². The highest BCUT2D eigenvalue weighted by molar-refractivity contribution is 8.00. The molecular weight excluding hydrogens is 370 g/mol. The number of carbonyl (C=O) groups is 1. The summed E-state index contributed by atoms with van der Waals surface area (Å²) in [5.41, 5.74) is 0.672. The van der Waals surface area contributed by atoms with E-state index in [4.69, 9.17) is 9.47 Å². The lowest BCUT2D eigenvalue weighted by atomic mass is 10.2. The van der Waals surface area contributed by atoms with Crippen molar-refractivity contribution >= 4 is 44.9 Å². The number of carbonyl (C=O) groups excluding carboxylic acids is 1. The van der Waals surface area contributed by atoms with Gasteiger partial charge < -0.3 is 14.8 Å². The molecule has 0 saturated carbocycles. The van der Waals surface area contributed by atoms with Crippen LogP contribution in [0.4, 0.5) is 5.69 Å². The summed E-state index contributed by atoms with van der Waals surface area (Å²) in [6, 6.07) is 7.36. The monoisotopic (exact) mass is 389 g/mol. The van der Waals surface area contributed by atoms with E-state index in [0.29, 0.717) is 30.4 Å². The third-order valence-corrected chi connectivity index (χ3v) is 5.22. The second kappa shape index (κ2) is 8.86. The normalized spacial score (nSPS) is 10.7. The summed E-state index contributed by atoms with van der Waals surface area (Å²) in [7, 11) is 0. The molecule has 0 aliphatic heterocycles. The van der Waals surface area contributed by atoms with Crippen LogP contribution in [-0.4, -0.2) is 34.8 Å². The number of nitrogens with one attached hydrogen (secondary N) is 1. The molecule has 2 aromatic heterocycles. The SMILES string of the molecule is CCOc1ccc(NC(=O)CSc2ncnc3sccc23)cc1OCC. The van der Waals surface area contributed by atoms with E-state index in [9.17, 15) is 4.79 Å². The molecule has 0 fully saturated rings. The second-order valence-electron chi connectivity index (χ2n) is 5.18. The van der Waals surface area contributed by atoms with Crippen LogP contribution in [0.1, 0.15) is 13.8 Å². The molecular formula is C18H19N3O3S2. The maximum Gasteiger partial charge on any atom is 0.234 e. The molecule has 1 aromatic carbocycles. The van der Waals surface area contributed by atoms with Crippen molar-refractivity contribution in [1.29, 1.82) is 0 Å². The minimum absolute atomic E-state index is 0.108. The predicted octanol–water partition coefficient (Wildman–Crippen LogP) is 4.22. The van der Waals surface area contributed by atoms with Gasteiger partial charge in [0, 0.05) is 17.1 Å². The Morgan fingerprint density at radius 3 is 2.77 bits per heavy atom. The zero-order valence-corrected chi connectivity index (χ0v) is 16.2. The Hall–Kier alpha value is -2.32. The van der Waals surface area contributed by atoms with Gasteiger partial charge >= 0.3 is 0 Å². The van der Waals surface area contributed by atoms with Crippen LogP contribution in [0.3, 0.4) is 0 Å². The number of thioether (sulfide) groups is 1. The lowest BCUT2D eigenvalue weighted by Crippen LogP contribution is -2.14. The van der Waals surface area contributed by atoms with Gasteiger partial charge in [-0.3, -0.25) is 4.79 Å². The minimum atomic E-state index is -0.108. The standard InChI is InChI=1S/C18H19N3O3S2/c1-3-23-14-6-5-12(9-15(14)24-4-2)21-16(22)10-26-18-13-7-8-25-17(13)19-11-20-18/h5-9,11H,3-4,10H2,1-2H3,(H,21,22). The molecule has 136 valence electrons. The summed E-state index contributed by atoms with van der Waals surface area (Å²) in [6.07, 6.45) is 1.53. The van der Waals surface area contributed by atoms with Crippen molar-refractivity contribution in [2.75, 3.05) is 24.3 Å². The first kappa shape index (κ1) is 18.5. The fraction of sp³-hybridized carbons (Fsp3) is 0.278. The molecule has 3 rings (SSSR count). The van der Waals surface area contributed by atoms with E-state index in [-0.39, 0.29) is 11.7 Å². The Bertz CT molecular complexity index is 898. The van der Waals surface area contributed by atoms with E-state index in [1.807, 2.05) is 25.3 Å². The van der Waals surface area contributed by atoms with Gasteiger partial charge in [-0.25, -0.2) is 9.97 Å². The number of rotatable bonds is 8. The van der Waals surface area contributed by atoms with Crippen molar-refractivity contribution < 1.29 is 14.3 Å². The summed E-state index contributed by atoms with van der Waals surface area (Å²) in [5.74, 6) is 1.45. The Balaban J connectivity index is 1.64. The van der Waals surface area contributed by atoms with Crippen molar-refractivity contribution in [2.24, 2.45) is 0 Å². The lowest BCUT2D eigenvalue weighted by Gasteiger charge is -2.13. The molecule has 3 aromatic rings. The zero-order chi connectivity index (χ0) is 18.4. The van der Waals surface area contributed by atoms with Gasteiger partial charge in [0.05, 0.1) is 19.0 Å². The van der Waals surface area contributed by atoms with Gasteiger partial charge in [-0.05, 0) is 37.4 Å². The van der Waals surface area contributed by atoms with Gasteiger partial charge in [-0.1, -0.05) is 11.8 Å². The van der Waals surface area contributed by atoms with Crippen molar-refractivity contribution in [3.63, 3.8) is 0 Å². The topological polar surface area (TPSA) is 73.3 Å². The summed E-state index contributed by atoms with van der Waals surface area (Å²) in [5, 5.41) is 6.65. The molecule has 6 nitrogen and oxygen atoms in total. The van der Waals surface area contributed by atoms with E-state index in [0.717, 1.165) is 15.2 Å². The summed E-state index contributed by atoms with van der Waals surface area (Å²) in [6.45, 7) is 4.90. The van der Waals surface area contributed by atoms with Crippen LogP contribution in [0.5, 0.6) is 11.5 Å². The first-order valence-corrected chi connectivity index (χ1v) is 10.1. The summed E-state index contributed by atoms with van der Waals surface area (Å²) < 4.78 is 11.1. The number of hydrogen-bond donors (Lipinski definition) is 1. The number of benzene rings is 1. The minimum Gasteiger partial charge on any atom is -0.490 e. The maximum absolute atomic E-state index is 12.3. The van der Waals surface area contributed by atoms with Crippen LogP contribution < -0.4 is 14.8 Å². The number of anilines is 1. The van der Waals surface area contributed by atoms with Crippen LogP contribution >= 0.6 is 23.1 Å². The molecule has 8 heteroatoms. The van der Waals surface area contributed by atoms with Crippen LogP contribution in [-0.2, 0) is 4.79 Å². The quantitative estimate of drug-likeness (QED) is 0.459. The Labute approximate surface area is 160 Å². The Morgan fingerprint density at radius 1 is 1.15 bits per heavy atom. The molecule has 0 atom stereocenters. The highest BCUT2D eigenvalue weighted by Crippen LogP contribution is 2.31. The second-order valence-corrected chi connectivity index (χ2v) is 7.04. The number of hydrogen-bond acceptors (Lipinski definition) is 7. The van der Waals surface area contributed by atoms with Gasteiger partial charge in [0.2, 0.25) is 5.91 Å². The van der Waals surface area contributed by atoms with E-state index < -0.39 is 0 Å². The number of fused-ring (bicyclic) bond motifs is 1. The average molecular weight is 390 g/mol. The third-order valence-electron chi connectivity index (χ3n) is 3.39. The number of ether oxygens (including phenoxy) is 2. The molecule has 0 aliphatic rings.